The highest BCUT2D eigenvalue weighted by molar-refractivity contribution is 9.10. The molecule has 0 spiro atoms. The van der Waals surface area contributed by atoms with E-state index in [9.17, 15) is 4.79 Å². The van der Waals surface area contributed by atoms with E-state index in [4.69, 9.17) is 0 Å². The first-order chi connectivity index (χ1) is 10.9. The zero-order valence-corrected chi connectivity index (χ0v) is 15.7. The number of carbonyl (C=O) groups excluding carboxylic acids is 1. The Morgan fingerprint density at radius 2 is 1.91 bits per heavy atom. The van der Waals surface area contributed by atoms with Crippen LogP contribution in [0.15, 0.2) is 28.7 Å². The zero-order chi connectivity index (χ0) is 16.4. The van der Waals surface area contributed by atoms with Crippen LogP contribution in [0.4, 0.5) is 0 Å². The van der Waals surface area contributed by atoms with E-state index >= 15 is 0 Å². The number of halogens is 1. The molecule has 0 amide bonds. The second kappa shape index (κ2) is 6.80. The molecule has 3 heteroatoms. The molecule has 0 unspecified atom stereocenters. The first-order valence-corrected chi connectivity index (χ1v) is 9.56. The highest BCUT2D eigenvalue weighted by atomic mass is 79.9. The first-order valence-electron chi connectivity index (χ1n) is 8.77. The average molecular weight is 376 g/mol. The number of ketones is 1. The zero-order valence-electron chi connectivity index (χ0n) is 14.1. The van der Waals surface area contributed by atoms with Crippen molar-refractivity contribution in [2.24, 2.45) is 5.92 Å². The van der Waals surface area contributed by atoms with Crippen LogP contribution in [-0.4, -0.2) is 11.3 Å². The second-order valence-electron chi connectivity index (χ2n) is 7.64. The van der Waals surface area contributed by atoms with Gasteiger partial charge in [0.25, 0.3) is 0 Å². The number of nitrogens with one attached hydrogen (secondary N) is 1. The monoisotopic (exact) mass is 375 g/mol. The van der Waals surface area contributed by atoms with E-state index in [-0.39, 0.29) is 11.5 Å². The molecule has 1 aliphatic carbocycles. The Labute approximate surface area is 147 Å². The minimum atomic E-state index is -0.0175. The molecule has 0 atom stereocenters. The summed E-state index contributed by atoms with van der Waals surface area (Å²) in [7, 11) is 0. The topological polar surface area (TPSA) is 29.1 Å². The molecule has 2 aliphatic rings. The molecule has 0 bridgehead atoms. The number of fused-ring (bicyclic) bond motifs is 1. The van der Waals surface area contributed by atoms with Crippen LogP contribution in [0.25, 0.3) is 5.70 Å². The molecule has 3 rings (SSSR count). The quantitative estimate of drug-likeness (QED) is 0.564. The fourth-order valence-electron chi connectivity index (χ4n) is 3.84. The standard InChI is InChI=1S/C20H26BrNO/c1-20(2)13-15-9-10-16(21)11-17(15)18(22-20)12-19(23)14-7-5-3-4-6-8-14/h9-12,14,22H,3-8,13H2,1-2H3/b18-12-. The Hall–Kier alpha value is -1.09. The van der Waals surface area contributed by atoms with Gasteiger partial charge in [0.1, 0.15) is 0 Å². The smallest absolute Gasteiger partial charge is 0.160 e. The van der Waals surface area contributed by atoms with Crippen molar-refractivity contribution in [1.29, 1.82) is 0 Å². The van der Waals surface area contributed by atoms with Crippen LogP contribution in [0.1, 0.15) is 63.5 Å². The SMILES string of the molecule is CC1(C)Cc2ccc(Br)cc2/C(=C/C(=O)C2CCCCCC2)N1. The van der Waals surface area contributed by atoms with Crippen molar-refractivity contribution >= 4 is 27.4 Å². The van der Waals surface area contributed by atoms with Gasteiger partial charge in [0, 0.05) is 33.3 Å². The first kappa shape index (κ1) is 16.8. The Morgan fingerprint density at radius 3 is 2.61 bits per heavy atom. The van der Waals surface area contributed by atoms with E-state index in [0.717, 1.165) is 29.4 Å². The Kier molecular flexibility index (Phi) is 4.96. The molecule has 2 nitrogen and oxygen atoms in total. The number of hydrogen-bond donors (Lipinski definition) is 1. The van der Waals surface area contributed by atoms with E-state index in [1.165, 1.54) is 36.8 Å². The molecule has 1 heterocycles. The van der Waals surface area contributed by atoms with Gasteiger partial charge in [0.2, 0.25) is 0 Å². The minimum Gasteiger partial charge on any atom is -0.379 e. The lowest BCUT2D eigenvalue weighted by Crippen LogP contribution is -2.44. The van der Waals surface area contributed by atoms with Gasteiger partial charge in [0.05, 0.1) is 0 Å². The molecule has 1 saturated carbocycles. The average Bonchev–Trinajstić information content (AvgIpc) is 2.76. The van der Waals surface area contributed by atoms with E-state index in [1.807, 2.05) is 6.08 Å². The lowest BCUT2D eigenvalue weighted by atomic mass is 9.85. The normalized spacial score (nSPS) is 23.0. The highest BCUT2D eigenvalue weighted by Gasteiger charge is 2.29. The summed E-state index contributed by atoms with van der Waals surface area (Å²) in [6, 6.07) is 6.39. The molecule has 1 fully saturated rings. The fourth-order valence-corrected chi connectivity index (χ4v) is 4.20. The molecule has 0 radical (unpaired) electrons. The molecule has 0 aromatic heterocycles. The maximum absolute atomic E-state index is 12.8. The third-order valence-electron chi connectivity index (χ3n) is 5.01. The summed E-state index contributed by atoms with van der Waals surface area (Å²) in [5.74, 6) is 0.519. The summed E-state index contributed by atoms with van der Waals surface area (Å²) >= 11 is 3.56. The Balaban J connectivity index is 1.91. The number of hydrogen-bond acceptors (Lipinski definition) is 2. The van der Waals surface area contributed by atoms with Gasteiger partial charge in [-0.1, -0.05) is 47.7 Å². The Morgan fingerprint density at radius 1 is 1.22 bits per heavy atom. The van der Waals surface area contributed by atoms with Crippen molar-refractivity contribution in [3.8, 4) is 0 Å². The highest BCUT2D eigenvalue weighted by Crippen LogP contribution is 2.32. The summed E-state index contributed by atoms with van der Waals surface area (Å²) < 4.78 is 1.06. The predicted molar refractivity (Wildman–Crippen MR) is 99.2 cm³/mol. The number of carbonyl (C=O) groups is 1. The number of rotatable bonds is 2. The van der Waals surface area contributed by atoms with Crippen molar-refractivity contribution in [2.75, 3.05) is 0 Å². The van der Waals surface area contributed by atoms with Gasteiger partial charge >= 0.3 is 0 Å². The fraction of sp³-hybridized carbons (Fsp3) is 0.550. The largest absolute Gasteiger partial charge is 0.379 e. The van der Waals surface area contributed by atoms with E-state index in [1.54, 1.807) is 0 Å². The predicted octanol–water partition coefficient (Wildman–Crippen LogP) is 5.25. The van der Waals surface area contributed by atoms with Crippen LogP contribution in [0.5, 0.6) is 0 Å². The molecule has 1 N–H and O–H groups in total. The van der Waals surface area contributed by atoms with Crippen LogP contribution in [0.3, 0.4) is 0 Å². The van der Waals surface area contributed by atoms with Crippen LogP contribution >= 0.6 is 15.9 Å². The minimum absolute atomic E-state index is 0.0175. The van der Waals surface area contributed by atoms with Crippen molar-refractivity contribution in [3.63, 3.8) is 0 Å². The van der Waals surface area contributed by atoms with Crippen molar-refractivity contribution in [3.05, 3.63) is 39.9 Å². The van der Waals surface area contributed by atoms with Gasteiger partial charge in [-0.3, -0.25) is 4.79 Å². The Bertz CT molecular complexity index is 625. The van der Waals surface area contributed by atoms with Crippen molar-refractivity contribution < 1.29 is 4.79 Å². The summed E-state index contributed by atoms with van der Waals surface area (Å²) in [6.07, 6.45) is 9.91. The van der Waals surface area contributed by atoms with Crippen molar-refractivity contribution in [2.45, 2.75) is 64.3 Å². The molecule has 23 heavy (non-hydrogen) atoms. The summed E-state index contributed by atoms with van der Waals surface area (Å²) in [4.78, 5) is 12.8. The van der Waals surface area contributed by atoms with Crippen molar-refractivity contribution in [1.82, 2.24) is 5.32 Å². The third kappa shape index (κ3) is 4.06. The molecular weight excluding hydrogens is 350 g/mol. The van der Waals surface area contributed by atoms with Gasteiger partial charge in [-0.15, -0.1) is 0 Å². The van der Waals surface area contributed by atoms with Crippen LogP contribution in [0, 0.1) is 5.92 Å². The van der Waals surface area contributed by atoms with E-state index in [0.29, 0.717) is 5.78 Å². The molecule has 1 aliphatic heterocycles. The lowest BCUT2D eigenvalue weighted by molar-refractivity contribution is -0.118. The number of allylic oxidation sites excluding steroid dienone is 1. The lowest BCUT2D eigenvalue weighted by Gasteiger charge is -2.36. The van der Waals surface area contributed by atoms with Crippen LogP contribution in [0.2, 0.25) is 0 Å². The number of benzene rings is 1. The molecule has 124 valence electrons. The van der Waals surface area contributed by atoms with Gasteiger partial charge in [-0.25, -0.2) is 0 Å². The maximum atomic E-state index is 12.8. The molecular formula is C20H26BrNO. The van der Waals surface area contributed by atoms with Crippen LogP contribution in [-0.2, 0) is 11.2 Å². The third-order valence-corrected chi connectivity index (χ3v) is 5.50. The summed E-state index contributed by atoms with van der Waals surface area (Å²) in [6.45, 7) is 4.39. The maximum Gasteiger partial charge on any atom is 0.160 e. The van der Waals surface area contributed by atoms with E-state index in [2.05, 4.69) is 53.3 Å². The van der Waals surface area contributed by atoms with E-state index < -0.39 is 0 Å². The van der Waals surface area contributed by atoms with Gasteiger partial charge in [-0.05, 0) is 50.8 Å². The second-order valence-corrected chi connectivity index (χ2v) is 8.55. The molecule has 1 aromatic carbocycles. The summed E-state index contributed by atoms with van der Waals surface area (Å²) in [5, 5.41) is 3.58. The van der Waals surface area contributed by atoms with Gasteiger partial charge in [0.15, 0.2) is 5.78 Å². The van der Waals surface area contributed by atoms with Gasteiger partial charge in [-0.2, -0.15) is 0 Å². The molecule has 1 aromatic rings. The molecule has 0 saturated heterocycles. The van der Waals surface area contributed by atoms with Gasteiger partial charge < -0.3 is 5.32 Å². The summed E-state index contributed by atoms with van der Waals surface area (Å²) in [5.41, 5.74) is 3.46. The van der Waals surface area contributed by atoms with Crippen LogP contribution < -0.4 is 5.32 Å².